The number of hydrogen-bond acceptors (Lipinski definition) is 2. The smallest absolute Gasteiger partial charge is 0.0708 e. The van der Waals surface area contributed by atoms with Gasteiger partial charge in [0.05, 0.1) is 12.1 Å². The van der Waals surface area contributed by atoms with Gasteiger partial charge in [0.25, 0.3) is 0 Å². The minimum atomic E-state index is 0.963. The van der Waals surface area contributed by atoms with Crippen LogP contribution in [0.5, 0.6) is 0 Å². The number of hydrogen-bond donors (Lipinski definition) is 1. The molecule has 0 saturated heterocycles. The average Bonchev–Trinajstić information content (AvgIpc) is 2.54. The summed E-state index contributed by atoms with van der Waals surface area (Å²) in [6, 6.07) is 17.5. The van der Waals surface area contributed by atoms with Crippen LogP contribution < -0.4 is 5.32 Å². The first-order valence-electron chi connectivity index (χ1n) is 7.83. The highest BCUT2D eigenvalue weighted by atomic mass is 14.9. The van der Waals surface area contributed by atoms with Crippen LogP contribution in [-0.4, -0.2) is 11.5 Å². The quantitative estimate of drug-likeness (QED) is 0.775. The van der Waals surface area contributed by atoms with Crippen LogP contribution in [0.15, 0.2) is 48.5 Å². The lowest BCUT2D eigenvalue weighted by Crippen LogP contribution is -2.21. The van der Waals surface area contributed by atoms with Crippen molar-refractivity contribution in [2.75, 3.05) is 6.54 Å². The van der Waals surface area contributed by atoms with E-state index in [1.807, 2.05) is 0 Å². The summed E-state index contributed by atoms with van der Waals surface area (Å²) in [6.45, 7) is 5.23. The molecule has 1 aliphatic rings. The Labute approximate surface area is 131 Å². The van der Waals surface area contributed by atoms with Crippen molar-refractivity contribution in [2.24, 2.45) is 0 Å². The van der Waals surface area contributed by atoms with Gasteiger partial charge < -0.3 is 5.32 Å². The van der Waals surface area contributed by atoms with Crippen molar-refractivity contribution in [3.8, 4) is 0 Å². The van der Waals surface area contributed by atoms with Crippen LogP contribution in [0, 0.1) is 13.5 Å². The van der Waals surface area contributed by atoms with E-state index >= 15 is 0 Å². The molecular formula is C20H19N2. The Hall–Kier alpha value is -2.19. The van der Waals surface area contributed by atoms with Crippen LogP contribution in [0.1, 0.15) is 27.9 Å². The van der Waals surface area contributed by atoms with Crippen LogP contribution in [0.25, 0.3) is 10.9 Å². The Balaban J connectivity index is 1.74. The summed E-state index contributed by atoms with van der Waals surface area (Å²) in [5.41, 5.74) is 7.69. The second-order valence-electron chi connectivity index (χ2n) is 6.00. The third-order valence-electron chi connectivity index (χ3n) is 4.33. The van der Waals surface area contributed by atoms with E-state index in [1.165, 1.54) is 27.6 Å². The predicted octanol–water partition coefficient (Wildman–Crippen LogP) is 3.79. The van der Waals surface area contributed by atoms with Gasteiger partial charge in [-0.05, 0) is 60.7 Å². The Morgan fingerprint density at radius 2 is 2.00 bits per heavy atom. The Bertz CT molecular complexity index is 836. The van der Waals surface area contributed by atoms with Gasteiger partial charge in [0.2, 0.25) is 0 Å². The van der Waals surface area contributed by atoms with E-state index in [9.17, 15) is 0 Å². The van der Waals surface area contributed by atoms with E-state index in [0.29, 0.717) is 0 Å². The third kappa shape index (κ3) is 2.51. The van der Waals surface area contributed by atoms with E-state index in [1.54, 1.807) is 0 Å². The maximum Gasteiger partial charge on any atom is 0.0708 e. The SMILES string of the molecule is Cc1cc(Cc2ccc3c(c2)CCN[CH]3)c2ccccc2n1. The third-order valence-corrected chi connectivity index (χ3v) is 4.33. The molecule has 0 bridgehead atoms. The number of fused-ring (bicyclic) bond motifs is 2. The fourth-order valence-electron chi connectivity index (χ4n) is 3.28. The molecule has 0 amide bonds. The summed E-state index contributed by atoms with van der Waals surface area (Å²) < 4.78 is 0. The van der Waals surface area contributed by atoms with Gasteiger partial charge in [0, 0.05) is 11.1 Å². The normalized spacial score (nSPS) is 14.0. The molecule has 4 rings (SSSR count). The van der Waals surface area contributed by atoms with Crippen molar-refractivity contribution in [3.63, 3.8) is 0 Å². The molecular weight excluding hydrogens is 268 g/mol. The molecule has 1 aliphatic heterocycles. The largest absolute Gasteiger partial charge is 0.308 e. The molecule has 2 aromatic carbocycles. The summed E-state index contributed by atoms with van der Waals surface area (Å²) in [7, 11) is 0. The lowest BCUT2D eigenvalue weighted by Gasteiger charge is -2.17. The van der Waals surface area contributed by atoms with Crippen molar-refractivity contribution >= 4 is 10.9 Å². The topological polar surface area (TPSA) is 24.9 Å². The van der Waals surface area contributed by atoms with E-state index in [2.05, 4.69) is 72.3 Å². The first-order chi connectivity index (χ1) is 10.8. The lowest BCUT2D eigenvalue weighted by molar-refractivity contribution is 0.751. The molecule has 109 valence electrons. The molecule has 2 heterocycles. The number of rotatable bonds is 2. The van der Waals surface area contributed by atoms with Gasteiger partial charge in [0.15, 0.2) is 0 Å². The van der Waals surface area contributed by atoms with Crippen LogP contribution in [0.2, 0.25) is 0 Å². The van der Waals surface area contributed by atoms with Gasteiger partial charge in [-0.2, -0.15) is 0 Å². The van der Waals surface area contributed by atoms with Gasteiger partial charge in [-0.15, -0.1) is 0 Å². The summed E-state index contributed by atoms with van der Waals surface area (Å²) in [4.78, 5) is 4.63. The molecule has 22 heavy (non-hydrogen) atoms. The zero-order valence-electron chi connectivity index (χ0n) is 12.8. The lowest BCUT2D eigenvalue weighted by atomic mass is 9.94. The van der Waals surface area contributed by atoms with Crippen molar-refractivity contribution in [3.05, 3.63) is 83.0 Å². The molecule has 0 fully saturated rings. The standard InChI is InChI=1S/C20H19N2/c1-14-10-18(19-4-2-3-5-20(19)22-14)12-15-6-7-17-13-21-9-8-16(17)11-15/h2-7,10-11,13,21H,8-9,12H2,1H3. The monoisotopic (exact) mass is 287 g/mol. The zero-order valence-corrected chi connectivity index (χ0v) is 12.8. The minimum absolute atomic E-state index is 0.963. The molecule has 0 saturated carbocycles. The molecule has 2 nitrogen and oxygen atoms in total. The molecule has 0 atom stereocenters. The molecule has 0 spiro atoms. The summed E-state index contributed by atoms with van der Waals surface area (Å²) >= 11 is 0. The fraction of sp³-hybridized carbons (Fsp3) is 0.200. The Morgan fingerprint density at radius 3 is 2.95 bits per heavy atom. The summed E-state index contributed by atoms with van der Waals surface area (Å²) in [6.07, 6.45) is 2.07. The number of pyridine rings is 1. The highest BCUT2D eigenvalue weighted by molar-refractivity contribution is 5.82. The highest BCUT2D eigenvalue weighted by Gasteiger charge is 2.10. The Morgan fingerprint density at radius 1 is 1.09 bits per heavy atom. The number of aromatic nitrogens is 1. The number of benzene rings is 2. The summed E-state index contributed by atoms with van der Waals surface area (Å²) in [5, 5.41) is 4.57. The van der Waals surface area contributed by atoms with E-state index in [-0.39, 0.29) is 0 Å². The van der Waals surface area contributed by atoms with Crippen LogP contribution >= 0.6 is 0 Å². The van der Waals surface area contributed by atoms with E-state index < -0.39 is 0 Å². The number of para-hydroxylation sites is 1. The van der Waals surface area contributed by atoms with Crippen LogP contribution in [0.3, 0.4) is 0 Å². The number of aryl methyl sites for hydroxylation is 1. The van der Waals surface area contributed by atoms with Gasteiger partial charge in [0.1, 0.15) is 0 Å². The maximum atomic E-state index is 4.63. The van der Waals surface area contributed by atoms with Crippen LogP contribution in [-0.2, 0) is 12.8 Å². The van der Waals surface area contributed by atoms with Gasteiger partial charge in [-0.25, -0.2) is 0 Å². The van der Waals surface area contributed by atoms with Crippen molar-refractivity contribution in [1.29, 1.82) is 0 Å². The zero-order chi connectivity index (χ0) is 14.9. The highest BCUT2D eigenvalue weighted by Crippen LogP contribution is 2.23. The second-order valence-corrected chi connectivity index (χ2v) is 6.00. The van der Waals surface area contributed by atoms with Crippen molar-refractivity contribution in [2.45, 2.75) is 19.8 Å². The Kier molecular flexibility index (Phi) is 3.39. The van der Waals surface area contributed by atoms with E-state index in [4.69, 9.17) is 0 Å². The van der Waals surface area contributed by atoms with Crippen LogP contribution in [0.4, 0.5) is 0 Å². The van der Waals surface area contributed by atoms with E-state index in [0.717, 1.165) is 30.6 Å². The van der Waals surface area contributed by atoms with Gasteiger partial charge in [-0.1, -0.05) is 36.4 Å². The first kappa shape index (κ1) is 13.5. The first-order valence-corrected chi connectivity index (χ1v) is 7.83. The second kappa shape index (κ2) is 5.54. The average molecular weight is 287 g/mol. The molecule has 2 heteroatoms. The van der Waals surface area contributed by atoms with Gasteiger partial charge in [-0.3, -0.25) is 4.98 Å². The summed E-state index contributed by atoms with van der Waals surface area (Å²) in [5.74, 6) is 0. The minimum Gasteiger partial charge on any atom is -0.308 e. The molecule has 3 aromatic rings. The number of nitrogens with zero attached hydrogens (tertiary/aromatic N) is 1. The van der Waals surface area contributed by atoms with Gasteiger partial charge >= 0.3 is 0 Å². The molecule has 0 unspecified atom stereocenters. The maximum absolute atomic E-state index is 4.63. The fourth-order valence-corrected chi connectivity index (χ4v) is 3.28. The molecule has 1 radical (unpaired) electrons. The van der Waals surface area contributed by atoms with Crippen molar-refractivity contribution in [1.82, 2.24) is 10.3 Å². The molecule has 1 aromatic heterocycles. The molecule has 1 N–H and O–H groups in total. The molecule has 0 aliphatic carbocycles. The number of nitrogens with one attached hydrogen (secondary N) is 1. The van der Waals surface area contributed by atoms with Crippen molar-refractivity contribution < 1.29 is 0 Å². The predicted molar refractivity (Wildman–Crippen MR) is 90.8 cm³/mol.